The second-order valence-electron chi connectivity index (χ2n) is 2.88. The molecule has 0 aromatic heterocycles. The molecule has 0 aliphatic heterocycles. The van der Waals surface area contributed by atoms with Gasteiger partial charge >= 0.3 is 0 Å². The monoisotopic (exact) mass is 190 g/mol. The average molecular weight is 190 g/mol. The summed E-state index contributed by atoms with van der Waals surface area (Å²) in [5.41, 5.74) is 1.23. The number of nitrogens with one attached hydrogen (secondary N) is 1. The van der Waals surface area contributed by atoms with Gasteiger partial charge in [-0.25, -0.2) is 0 Å². The topological polar surface area (TPSA) is 73.1 Å². The molecule has 0 fully saturated rings. The van der Waals surface area contributed by atoms with Crippen molar-refractivity contribution in [1.29, 1.82) is 5.26 Å². The zero-order valence-electron chi connectivity index (χ0n) is 7.74. The maximum atomic E-state index is 11.0. The predicted molar refractivity (Wildman–Crippen MR) is 51.7 cm³/mol. The van der Waals surface area contributed by atoms with Crippen LogP contribution in [-0.4, -0.2) is 11.0 Å². The van der Waals surface area contributed by atoms with E-state index in [1.807, 2.05) is 0 Å². The van der Waals surface area contributed by atoms with Gasteiger partial charge in [0.15, 0.2) is 0 Å². The van der Waals surface area contributed by atoms with Gasteiger partial charge in [0.2, 0.25) is 5.91 Å². The number of rotatable bonds is 2. The van der Waals surface area contributed by atoms with E-state index in [4.69, 9.17) is 5.26 Å². The lowest BCUT2D eigenvalue weighted by Crippen LogP contribution is -2.09. The number of carbonyl (C=O) groups excluding carboxylic acids is 1. The standard InChI is InChI=1S/C10H10N2O2/c1-7-2-3-8(6-9(7)13)12-10(14)4-5-11/h2-3,6,13H,4H2,1H3,(H,12,14). The Bertz CT molecular complexity index is 394. The molecule has 0 aliphatic rings. The first kappa shape index (κ1) is 10.1. The number of amides is 1. The first-order valence-corrected chi connectivity index (χ1v) is 4.10. The summed E-state index contributed by atoms with van der Waals surface area (Å²) in [5, 5.41) is 20.1. The second kappa shape index (κ2) is 4.28. The lowest BCUT2D eigenvalue weighted by atomic mass is 10.2. The highest BCUT2D eigenvalue weighted by molar-refractivity contribution is 5.92. The van der Waals surface area contributed by atoms with E-state index < -0.39 is 0 Å². The van der Waals surface area contributed by atoms with Crippen LogP contribution in [0.3, 0.4) is 0 Å². The summed E-state index contributed by atoms with van der Waals surface area (Å²) in [6.45, 7) is 1.76. The summed E-state index contributed by atoms with van der Waals surface area (Å²) in [4.78, 5) is 11.0. The van der Waals surface area contributed by atoms with Gasteiger partial charge in [-0.15, -0.1) is 0 Å². The molecular formula is C10H10N2O2. The van der Waals surface area contributed by atoms with E-state index in [9.17, 15) is 9.90 Å². The molecule has 1 aromatic rings. The first-order chi connectivity index (χ1) is 6.63. The molecule has 4 nitrogen and oxygen atoms in total. The van der Waals surface area contributed by atoms with Gasteiger partial charge in [-0.1, -0.05) is 6.07 Å². The molecule has 1 rings (SSSR count). The van der Waals surface area contributed by atoms with Crippen LogP contribution in [0.2, 0.25) is 0 Å². The second-order valence-corrected chi connectivity index (χ2v) is 2.88. The number of nitriles is 1. The highest BCUT2D eigenvalue weighted by Crippen LogP contribution is 2.20. The molecule has 0 atom stereocenters. The molecule has 0 unspecified atom stereocenters. The molecule has 0 saturated carbocycles. The molecule has 4 heteroatoms. The fraction of sp³-hybridized carbons (Fsp3) is 0.200. The third-order valence-electron chi connectivity index (χ3n) is 1.73. The number of phenolic OH excluding ortho intramolecular Hbond substituents is 1. The minimum Gasteiger partial charge on any atom is -0.508 e. The van der Waals surface area contributed by atoms with Crippen LogP contribution in [0.5, 0.6) is 5.75 Å². The minimum atomic E-state index is -0.379. The van der Waals surface area contributed by atoms with Crippen molar-refractivity contribution >= 4 is 11.6 Å². The number of hydrogen-bond donors (Lipinski definition) is 2. The summed E-state index contributed by atoms with van der Waals surface area (Å²) < 4.78 is 0. The van der Waals surface area contributed by atoms with Crippen LogP contribution in [0, 0.1) is 18.3 Å². The number of benzene rings is 1. The smallest absolute Gasteiger partial charge is 0.238 e. The fourth-order valence-corrected chi connectivity index (χ4v) is 0.964. The van der Waals surface area contributed by atoms with Crippen molar-refractivity contribution in [2.45, 2.75) is 13.3 Å². The highest BCUT2D eigenvalue weighted by atomic mass is 16.3. The van der Waals surface area contributed by atoms with E-state index in [1.54, 1.807) is 25.1 Å². The van der Waals surface area contributed by atoms with Crippen LogP contribution >= 0.6 is 0 Å². The lowest BCUT2D eigenvalue weighted by Gasteiger charge is -2.04. The van der Waals surface area contributed by atoms with E-state index in [2.05, 4.69) is 5.32 Å². The zero-order chi connectivity index (χ0) is 10.6. The summed E-state index contributed by atoms with van der Waals surface area (Å²) in [6.07, 6.45) is -0.186. The van der Waals surface area contributed by atoms with Crippen LogP contribution in [-0.2, 0) is 4.79 Å². The molecule has 0 aliphatic carbocycles. The van der Waals surface area contributed by atoms with Crippen LogP contribution in [0.15, 0.2) is 18.2 Å². The van der Waals surface area contributed by atoms with Gasteiger partial charge in [-0.2, -0.15) is 5.26 Å². The van der Waals surface area contributed by atoms with E-state index in [0.717, 1.165) is 5.56 Å². The van der Waals surface area contributed by atoms with Crippen molar-refractivity contribution in [1.82, 2.24) is 0 Å². The quantitative estimate of drug-likeness (QED) is 0.743. The van der Waals surface area contributed by atoms with Gasteiger partial charge in [0.05, 0.1) is 6.07 Å². The molecule has 0 saturated heterocycles. The molecule has 0 heterocycles. The number of anilines is 1. The van der Waals surface area contributed by atoms with E-state index >= 15 is 0 Å². The highest BCUT2D eigenvalue weighted by Gasteiger charge is 2.02. The number of aromatic hydroxyl groups is 1. The maximum absolute atomic E-state index is 11.0. The lowest BCUT2D eigenvalue weighted by molar-refractivity contribution is -0.115. The van der Waals surface area contributed by atoms with Crippen molar-refractivity contribution in [3.8, 4) is 11.8 Å². The first-order valence-electron chi connectivity index (χ1n) is 4.10. The van der Waals surface area contributed by atoms with Gasteiger partial charge in [0.25, 0.3) is 0 Å². The molecule has 0 spiro atoms. The van der Waals surface area contributed by atoms with Crippen molar-refractivity contribution in [2.75, 3.05) is 5.32 Å². The molecule has 1 aromatic carbocycles. The molecule has 0 radical (unpaired) electrons. The predicted octanol–water partition coefficient (Wildman–Crippen LogP) is 1.55. The van der Waals surface area contributed by atoms with E-state index in [1.165, 1.54) is 6.07 Å². The molecular weight excluding hydrogens is 180 g/mol. The molecule has 1 amide bonds. The maximum Gasteiger partial charge on any atom is 0.238 e. The Hall–Kier alpha value is -2.02. The Kier molecular flexibility index (Phi) is 3.08. The molecule has 2 N–H and O–H groups in total. The summed E-state index contributed by atoms with van der Waals surface area (Å²) in [6, 6.07) is 6.55. The Morgan fingerprint density at radius 2 is 2.36 bits per heavy atom. The van der Waals surface area contributed by atoms with Crippen molar-refractivity contribution in [3.63, 3.8) is 0 Å². The van der Waals surface area contributed by atoms with Gasteiger partial charge in [-0.3, -0.25) is 4.79 Å². The number of hydrogen-bond acceptors (Lipinski definition) is 3. The van der Waals surface area contributed by atoms with E-state index in [-0.39, 0.29) is 18.1 Å². The Labute approximate surface area is 81.8 Å². The Balaban J connectivity index is 2.74. The van der Waals surface area contributed by atoms with Crippen LogP contribution < -0.4 is 5.32 Å². The van der Waals surface area contributed by atoms with Gasteiger partial charge in [0, 0.05) is 11.8 Å². The third kappa shape index (κ3) is 2.49. The summed E-state index contributed by atoms with van der Waals surface area (Å²) in [5.74, 6) is -0.254. The number of aryl methyl sites for hydroxylation is 1. The Morgan fingerprint density at radius 1 is 1.64 bits per heavy atom. The SMILES string of the molecule is Cc1ccc(NC(=O)CC#N)cc1O. The number of nitrogens with zero attached hydrogens (tertiary/aromatic N) is 1. The van der Waals surface area contributed by atoms with Gasteiger partial charge in [-0.05, 0) is 18.6 Å². The number of phenols is 1. The molecule has 72 valence electrons. The third-order valence-corrected chi connectivity index (χ3v) is 1.73. The van der Waals surface area contributed by atoms with Crippen molar-refractivity contribution < 1.29 is 9.90 Å². The molecule has 14 heavy (non-hydrogen) atoms. The fourth-order valence-electron chi connectivity index (χ4n) is 0.964. The van der Waals surface area contributed by atoms with Crippen molar-refractivity contribution in [3.05, 3.63) is 23.8 Å². The van der Waals surface area contributed by atoms with Crippen LogP contribution in [0.4, 0.5) is 5.69 Å². The number of carbonyl (C=O) groups is 1. The minimum absolute atomic E-state index is 0.125. The largest absolute Gasteiger partial charge is 0.508 e. The van der Waals surface area contributed by atoms with Gasteiger partial charge in [0.1, 0.15) is 12.2 Å². The Morgan fingerprint density at radius 3 is 2.93 bits per heavy atom. The normalized spacial score (nSPS) is 9.14. The average Bonchev–Trinajstić information content (AvgIpc) is 2.12. The summed E-state index contributed by atoms with van der Waals surface area (Å²) in [7, 11) is 0. The summed E-state index contributed by atoms with van der Waals surface area (Å²) >= 11 is 0. The van der Waals surface area contributed by atoms with E-state index in [0.29, 0.717) is 5.69 Å². The molecule has 0 bridgehead atoms. The zero-order valence-corrected chi connectivity index (χ0v) is 7.74. The van der Waals surface area contributed by atoms with Crippen molar-refractivity contribution in [2.24, 2.45) is 0 Å². The van der Waals surface area contributed by atoms with Gasteiger partial charge < -0.3 is 10.4 Å². The van der Waals surface area contributed by atoms with Crippen LogP contribution in [0.1, 0.15) is 12.0 Å². The van der Waals surface area contributed by atoms with Crippen LogP contribution in [0.25, 0.3) is 0 Å².